The molecule has 0 radical (unpaired) electrons. The van der Waals surface area contributed by atoms with Crippen LogP contribution in [0.1, 0.15) is 48.2 Å². The number of carbonyl (C=O) groups is 3. The highest BCUT2D eigenvalue weighted by atomic mass is 32.2. The molecule has 0 aliphatic carbocycles. The van der Waals surface area contributed by atoms with Crippen molar-refractivity contribution in [2.24, 2.45) is 0 Å². The van der Waals surface area contributed by atoms with Crippen molar-refractivity contribution < 1.29 is 22.8 Å². The van der Waals surface area contributed by atoms with Gasteiger partial charge in [0, 0.05) is 26.1 Å². The van der Waals surface area contributed by atoms with Gasteiger partial charge in [0.25, 0.3) is 15.9 Å². The van der Waals surface area contributed by atoms with E-state index in [1.165, 1.54) is 17.0 Å². The second-order valence-corrected chi connectivity index (χ2v) is 9.89. The van der Waals surface area contributed by atoms with Gasteiger partial charge in [0.05, 0.1) is 5.56 Å². The molecule has 1 aliphatic rings. The van der Waals surface area contributed by atoms with Crippen LogP contribution in [0.25, 0.3) is 0 Å². The van der Waals surface area contributed by atoms with Gasteiger partial charge >= 0.3 is 0 Å². The minimum atomic E-state index is -3.91. The molecule has 33 heavy (non-hydrogen) atoms. The molecule has 0 saturated heterocycles. The molecular formula is C24H29N3O5S. The van der Waals surface area contributed by atoms with E-state index in [0.717, 1.165) is 15.4 Å². The van der Waals surface area contributed by atoms with E-state index in [-0.39, 0.29) is 48.2 Å². The second kappa shape index (κ2) is 10.2. The Morgan fingerprint density at radius 2 is 1.85 bits per heavy atom. The Labute approximate surface area is 194 Å². The van der Waals surface area contributed by atoms with Crippen molar-refractivity contribution in [1.29, 1.82) is 0 Å². The van der Waals surface area contributed by atoms with Crippen molar-refractivity contribution in [3.63, 3.8) is 0 Å². The summed E-state index contributed by atoms with van der Waals surface area (Å²) in [6.45, 7) is 6.03. The van der Waals surface area contributed by atoms with E-state index in [9.17, 15) is 22.8 Å². The summed E-state index contributed by atoms with van der Waals surface area (Å²) in [4.78, 5) is 39.6. The molecule has 1 N–H and O–H groups in total. The lowest BCUT2D eigenvalue weighted by molar-refractivity contribution is -0.140. The third-order valence-corrected chi connectivity index (χ3v) is 7.46. The van der Waals surface area contributed by atoms with Gasteiger partial charge in [0.15, 0.2) is 0 Å². The first kappa shape index (κ1) is 24.4. The predicted octanol–water partition coefficient (Wildman–Crippen LogP) is 2.47. The molecule has 9 heteroatoms. The Balaban J connectivity index is 1.70. The number of hydrogen-bond donors (Lipinski definition) is 1. The number of nitrogens with zero attached hydrogens (tertiary/aromatic N) is 2. The van der Waals surface area contributed by atoms with E-state index < -0.39 is 22.0 Å². The Morgan fingerprint density at radius 1 is 1.12 bits per heavy atom. The number of likely N-dealkylation sites (N-methyl/N-ethyl adjacent to an activating group) is 1. The molecule has 0 spiro atoms. The van der Waals surface area contributed by atoms with Gasteiger partial charge in [0.1, 0.15) is 10.9 Å². The Kier molecular flexibility index (Phi) is 7.53. The first-order valence-corrected chi connectivity index (χ1v) is 12.4. The summed E-state index contributed by atoms with van der Waals surface area (Å²) in [6.07, 6.45) is 0.162. The van der Waals surface area contributed by atoms with Crippen molar-refractivity contribution in [2.45, 2.75) is 51.1 Å². The SMILES string of the molecule is CCNC(=O)[C@@H](C)N(Cc1cccc(C)c1)C(=O)CCCN1C(=O)c2ccccc2S1(=O)=O. The highest BCUT2D eigenvalue weighted by Crippen LogP contribution is 2.30. The van der Waals surface area contributed by atoms with Gasteiger partial charge in [0.2, 0.25) is 11.8 Å². The van der Waals surface area contributed by atoms with Crippen molar-refractivity contribution in [2.75, 3.05) is 13.1 Å². The standard InChI is InChI=1S/C24H29N3O5S/c1-4-25-23(29)18(3)26(16-19-10-7-9-17(2)15-19)22(28)13-8-14-27-24(30)20-11-5-6-12-21(20)33(27,31)32/h5-7,9-12,15,18H,4,8,13-14,16H2,1-3H3,(H,25,29)/t18-/m1/s1. The van der Waals surface area contributed by atoms with E-state index in [0.29, 0.717) is 6.54 Å². The van der Waals surface area contributed by atoms with Crippen LogP contribution < -0.4 is 5.32 Å². The number of amides is 3. The summed E-state index contributed by atoms with van der Waals surface area (Å²) in [7, 11) is -3.91. The summed E-state index contributed by atoms with van der Waals surface area (Å²) in [6, 6.07) is 13.1. The highest BCUT2D eigenvalue weighted by Gasteiger charge is 2.40. The zero-order chi connectivity index (χ0) is 24.2. The second-order valence-electron chi connectivity index (χ2n) is 8.06. The van der Waals surface area contributed by atoms with E-state index in [2.05, 4.69) is 5.32 Å². The predicted molar refractivity (Wildman–Crippen MR) is 124 cm³/mol. The van der Waals surface area contributed by atoms with Crippen LogP contribution in [0.15, 0.2) is 53.4 Å². The van der Waals surface area contributed by atoms with Gasteiger partial charge in [-0.2, -0.15) is 0 Å². The van der Waals surface area contributed by atoms with Crippen LogP contribution in [0.3, 0.4) is 0 Å². The smallest absolute Gasteiger partial charge is 0.269 e. The topological polar surface area (TPSA) is 104 Å². The molecule has 2 aromatic rings. The van der Waals surface area contributed by atoms with E-state index >= 15 is 0 Å². The minimum absolute atomic E-state index is 0.00516. The number of carbonyl (C=O) groups excluding carboxylic acids is 3. The molecule has 0 saturated carbocycles. The van der Waals surface area contributed by atoms with E-state index in [4.69, 9.17) is 0 Å². The number of aryl methyl sites for hydroxylation is 1. The summed E-state index contributed by atoms with van der Waals surface area (Å²) in [5.74, 6) is -1.12. The fraction of sp³-hybridized carbons (Fsp3) is 0.375. The fourth-order valence-electron chi connectivity index (χ4n) is 3.88. The average Bonchev–Trinajstić information content (AvgIpc) is 2.98. The lowest BCUT2D eigenvalue weighted by Crippen LogP contribution is -2.47. The number of rotatable bonds is 9. The van der Waals surface area contributed by atoms with E-state index in [1.807, 2.05) is 38.1 Å². The first-order chi connectivity index (χ1) is 15.7. The maximum absolute atomic E-state index is 13.1. The molecule has 3 rings (SSSR count). The van der Waals surface area contributed by atoms with Crippen LogP contribution >= 0.6 is 0 Å². The monoisotopic (exact) mass is 471 g/mol. The normalized spacial score (nSPS) is 15.1. The van der Waals surface area contributed by atoms with Crippen molar-refractivity contribution >= 4 is 27.7 Å². The maximum Gasteiger partial charge on any atom is 0.269 e. The molecular weight excluding hydrogens is 442 g/mol. The summed E-state index contributed by atoms with van der Waals surface area (Å²) in [5.41, 5.74) is 2.09. The highest BCUT2D eigenvalue weighted by molar-refractivity contribution is 7.90. The first-order valence-electron chi connectivity index (χ1n) is 11.0. The Bertz CT molecular complexity index is 1160. The van der Waals surface area contributed by atoms with Crippen molar-refractivity contribution in [3.05, 3.63) is 65.2 Å². The number of fused-ring (bicyclic) bond motifs is 1. The minimum Gasteiger partial charge on any atom is -0.355 e. The van der Waals surface area contributed by atoms with Crippen LogP contribution in [-0.2, 0) is 26.2 Å². The fourth-order valence-corrected chi connectivity index (χ4v) is 5.49. The average molecular weight is 472 g/mol. The van der Waals surface area contributed by atoms with Crippen molar-refractivity contribution in [1.82, 2.24) is 14.5 Å². The number of nitrogens with one attached hydrogen (secondary N) is 1. The molecule has 8 nitrogen and oxygen atoms in total. The molecule has 1 aliphatic heterocycles. The molecule has 3 amide bonds. The maximum atomic E-state index is 13.1. The van der Waals surface area contributed by atoms with Crippen LogP contribution in [0, 0.1) is 6.92 Å². The van der Waals surface area contributed by atoms with Crippen molar-refractivity contribution in [3.8, 4) is 0 Å². The van der Waals surface area contributed by atoms with Gasteiger partial charge in [-0.15, -0.1) is 0 Å². The van der Waals surface area contributed by atoms with Crippen LogP contribution in [0.5, 0.6) is 0 Å². The lowest BCUT2D eigenvalue weighted by Gasteiger charge is -2.29. The molecule has 176 valence electrons. The number of benzene rings is 2. The quantitative estimate of drug-likeness (QED) is 0.605. The third kappa shape index (κ3) is 5.24. The Morgan fingerprint density at radius 3 is 2.52 bits per heavy atom. The van der Waals surface area contributed by atoms with Crippen LogP contribution in [0.4, 0.5) is 0 Å². The molecule has 0 unspecified atom stereocenters. The lowest BCUT2D eigenvalue weighted by atomic mass is 10.1. The van der Waals surface area contributed by atoms with Crippen LogP contribution in [-0.4, -0.2) is 54.5 Å². The van der Waals surface area contributed by atoms with Gasteiger partial charge in [-0.05, 0) is 44.9 Å². The summed E-state index contributed by atoms with van der Waals surface area (Å²) < 4.78 is 26.2. The largest absolute Gasteiger partial charge is 0.355 e. The molecule has 0 aromatic heterocycles. The van der Waals surface area contributed by atoms with Gasteiger partial charge in [-0.3, -0.25) is 14.4 Å². The summed E-state index contributed by atoms with van der Waals surface area (Å²) in [5, 5.41) is 2.74. The zero-order valence-electron chi connectivity index (χ0n) is 19.1. The van der Waals surface area contributed by atoms with Gasteiger partial charge in [-0.1, -0.05) is 42.0 Å². The van der Waals surface area contributed by atoms with E-state index in [1.54, 1.807) is 19.1 Å². The summed E-state index contributed by atoms with van der Waals surface area (Å²) >= 11 is 0. The Hall–Kier alpha value is -3.20. The molecule has 1 heterocycles. The molecule has 1 atom stereocenters. The van der Waals surface area contributed by atoms with Gasteiger partial charge < -0.3 is 10.2 Å². The molecule has 0 fully saturated rings. The number of hydrogen-bond acceptors (Lipinski definition) is 5. The van der Waals surface area contributed by atoms with Crippen LogP contribution in [0.2, 0.25) is 0 Å². The number of sulfonamides is 1. The van der Waals surface area contributed by atoms with Gasteiger partial charge in [-0.25, -0.2) is 12.7 Å². The third-order valence-electron chi connectivity index (χ3n) is 5.62. The molecule has 0 bridgehead atoms. The zero-order valence-corrected chi connectivity index (χ0v) is 19.9. The molecule has 2 aromatic carbocycles.